The van der Waals surface area contributed by atoms with Gasteiger partial charge in [0.25, 0.3) is 5.69 Å². The number of carbonyl (C=O) groups is 1. The van der Waals surface area contributed by atoms with Gasteiger partial charge in [0, 0.05) is 18.8 Å². The van der Waals surface area contributed by atoms with E-state index in [2.05, 4.69) is 5.10 Å². The molecule has 6 nitrogen and oxygen atoms in total. The second kappa shape index (κ2) is 5.43. The van der Waals surface area contributed by atoms with Crippen molar-refractivity contribution < 1.29 is 9.72 Å². The Morgan fingerprint density at radius 3 is 2.79 bits per heavy atom. The maximum atomic E-state index is 11.1. The molecular formula is C13H13N3O3. The van der Waals surface area contributed by atoms with Gasteiger partial charge in [-0.25, -0.2) is 0 Å². The van der Waals surface area contributed by atoms with Crippen LogP contribution in [0.3, 0.4) is 0 Å². The van der Waals surface area contributed by atoms with Crippen LogP contribution in [-0.2, 0) is 6.54 Å². The average molecular weight is 259 g/mol. The van der Waals surface area contributed by atoms with Gasteiger partial charge >= 0.3 is 0 Å². The first kappa shape index (κ1) is 12.9. The summed E-state index contributed by atoms with van der Waals surface area (Å²) in [7, 11) is 0. The third-order valence-corrected chi connectivity index (χ3v) is 2.73. The van der Waals surface area contributed by atoms with E-state index in [1.165, 1.54) is 6.07 Å². The summed E-state index contributed by atoms with van der Waals surface area (Å²) in [4.78, 5) is 21.6. The van der Waals surface area contributed by atoms with Crippen LogP contribution in [0.15, 0.2) is 30.5 Å². The fraction of sp³-hybridized carbons (Fsp3) is 0.231. The van der Waals surface area contributed by atoms with Gasteiger partial charge in [0.1, 0.15) is 5.69 Å². The van der Waals surface area contributed by atoms with E-state index in [1.807, 2.05) is 6.92 Å². The number of nitro benzene ring substituents is 1. The standard InChI is InChI=1S/C13H13N3O3/c1-2-7-15-8-10(9-17)13(14-15)11-5-3-4-6-12(11)16(18)19/h3-6,8-9H,2,7H2,1H3. The molecule has 2 rings (SSSR count). The van der Waals surface area contributed by atoms with E-state index in [9.17, 15) is 14.9 Å². The molecule has 0 aliphatic rings. The highest BCUT2D eigenvalue weighted by atomic mass is 16.6. The number of aryl methyl sites for hydroxylation is 1. The third kappa shape index (κ3) is 2.52. The summed E-state index contributed by atoms with van der Waals surface area (Å²) in [5, 5.41) is 15.3. The van der Waals surface area contributed by atoms with Crippen LogP contribution in [0.25, 0.3) is 11.3 Å². The number of rotatable bonds is 5. The molecule has 1 heterocycles. The Morgan fingerprint density at radius 1 is 1.42 bits per heavy atom. The molecule has 1 aromatic carbocycles. The third-order valence-electron chi connectivity index (χ3n) is 2.73. The van der Waals surface area contributed by atoms with Gasteiger partial charge in [0.05, 0.1) is 16.1 Å². The number of nitrogens with zero attached hydrogens (tertiary/aromatic N) is 3. The maximum absolute atomic E-state index is 11.1. The lowest BCUT2D eigenvalue weighted by Crippen LogP contribution is -1.98. The highest BCUT2D eigenvalue weighted by Gasteiger charge is 2.19. The van der Waals surface area contributed by atoms with E-state index in [-0.39, 0.29) is 5.69 Å². The summed E-state index contributed by atoms with van der Waals surface area (Å²) in [5.41, 5.74) is 1.04. The van der Waals surface area contributed by atoms with Crippen molar-refractivity contribution in [1.29, 1.82) is 0 Å². The number of benzene rings is 1. The van der Waals surface area contributed by atoms with Gasteiger partial charge in [-0.3, -0.25) is 19.6 Å². The van der Waals surface area contributed by atoms with E-state index >= 15 is 0 Å². The van der Waals surface area contributed by atoms with Gasteiger partial charge in [0.15, 0.2) is 6.29 Å². The van der Waals surface area contributed by atoms with E-state index < -0.39 is 4.92 Å². The largest absolute Gasteiger partial charge is 0.298 e. The fourth-order valence-corrected chi connectivity index (χ4v) is 1.91. The van der Waals surface area contributed by atoms with E-state index in [1.54, 1.807) is 29.1 Å². The molecule has 0 saturated heterocycles. The minimum Gasteiger partial charge on any atom is -0.298 e. The van der Waals surface area contributed by atoms with Gasteiger partial charge < -0.3 is 0 Å². The summed E-state index contributed by atoms with van der Waals surface area (Å²) in [5.74, 6) is 0. The molecule has 0 saturated carbocycles. The summed E-state index contributed by atoms with van der Waals surface area (Å²) in [6, 6.07) is 6.29. The predicted octanol–water partition coefficient (Wildman–Crippen LogP) is 2.68. The molecule has 19 heavy (non-hydrogen) atoms. The average Bonchev–Trinajstić information content (AvgIpc) is 2.82. The number of hydrogen-bond acceptors (Lipinski definition) is 4. The Hall–Kier alpha value is -2.50. The first-order chi connectivity index (χ1) is 9.17. The molecule has 0 N–H and O–H groups in total. The Labute approximate surface area is 109 Å². The molecule has 0 spiro atoms. The van der Waals surface area contributed by atoms with Crippen LogP contribution in [0.1, 0.15) is 23.7 Å². The molecule has 0 atom stereocenters. The Bertz CT molecular complexity index is 619. The lowest BCUT2D eigenvalue weighted by Gasteiger charge is -2.00. The van der Waals surface area contributed by atoms with Crippen molar-refractivity contribution in [2.24, 2.45) is 0 Å². The van der Waals surface area contributed by atoms with Crippen molar-refractivity contribution in [1.82, 2.24) is 9.78 Å². The first-order valence-corrected chi connectivity index (χ1v) is 5.93. The normalized spacial score (nSPS) is 10.4. The molecule has 2 aromatic rings. The lowest BCUT2D eigenvalue weighted by molar-refractivity contribution is -0.384. The van der Waals surface area contributed by atoms with Crippen LogP contribution in [0, 0.1) is 10.1 Å². The van der Waals surface area contributed by atoms with E-state index in [0.29, 0.717) is 29.7 Å². The number of hydrogen-bond donors (Lipinski definition) is 0. The highest BCUT2D eigenvalue weighted by Crippen LogP contribution is 2.30. The molecular weight excluding hydrogens is 246 g/mol. The number of aldehydes is 1. The molecule has 6 heteroatoms. The highest BCUT2D eigenvalue weighted by molar-refractivity contribution is 5.87. The second-order valence-corrected chi connectivity index (χ2v) is 4.09. The van der Waals surface area contributed by atoms with Crippen LogP contribution in [0.4, 0.5) is 5.69 Å². The molecule has 0 aliphatic carbocycles. The van der Waals surface area contributed by atoms with Crippen LogP contribution in [-0.4, -0.2) is 21.0 Å². The van der Waals surface area contributed by atoms with Gasteiger partial charge in [-0.05, 0) is 12.5 Å². The zero-order valence-corrected chi connectivity index (χ0v) is 10.4. The summed E-state index contributed by atoms with van der Waals surface area (Å²) >= 11 is 0. The number of aromatic nitrogens is 2. The zero-order valence-electron chi connectivity index (χ0n) is 10.4. The van der Waals surface area contributed by atoms with E-state index in [4.69, 9.17) is 0 Å². The Morgan fingerprint density at radius 2 is 2.16 bits per heavy atom. The molecule has 0 aliphatic heterocycles. The molecule has 0 unspecified atom stereocenters. The molecule has 0 radical (unpaired) electrons. The topological polar surface area (TPSA) is 78.0 Å². The maximum Gasteiger partial charge on any atom is 0.278 e. The molecule has 1 aromatic heterocycles. The Kier molecular flexibility index (Phi) is 3.70. The molecule has 98 valence electrons. The van der Waals surface area contributed by atoms with Gasteiger partial charge in [-0.15, -0.1) is 0 Å². The van der Waals surface area contributed by atoms with Crippen molar-refractivity contribution >= 4 is 12.0 Å². The van der Waals surface area contributed by atoms with Crippen LogP contribution in [0.5, 0.6) is 0 Å². The second-order valence-electron chi connectivity index (χ2n) is 4.09. The lowest BCUT2D eigenvalue weighted by atomic mass is 10.1. The van der Waals surface area contributed by atoms with Crippen molar-refractivity contribution in [3.05, 3.63) is 46.1 Å². The quantitative estimate of drug-likeness (QED) is 0.470. The monoisotopic (exact) mass is 259 g/mol. The summed E-state index contributed by atoms with van der Waals surface area (Å²) in [6.45, 7) is 2.66. The summed E-state index contributed by atoms with van der Waals surface area (Å²) < 4.78 is 1.63. The predicted molar refractivity (Wildman–Crippen MR) is 70.0 cm³/mol. The smallest absolute Gasteiger partial charge is 0.278 e. The number of para-hydroxylation sites is 1. The van der Waals surface area contributed by atoms with Crippen molar-refractivity contribution in [3.63, 3.8) is 0 Å². The van der Waals surface area contributed by atoms with Crippen molar-refractivity contribution in [3.8, 4) is 11.3 Å². The van der Waals surface area contributed by atoms with Crippen LogP contribution in [0.2, 0.25) is 0 Å². The Balaban J connectivity index is 2.58. The first-order valence-electron chi connectivity index (χ1n) is 5.93. The molecule has 0 fully saturated rings. The van der Waals surface area contributed by atoms with Crippen molar-refractivity contribution in [2.45, 2.75) is 19.9 Å². The van der Waals surface area contributed by atoms with Crippen molar-refractivity contribution in [2.75, 3.05) is 0 Å². The zero-order chi connectivity index (χ0) is 13.8. The molecule has 0 bridgehead atoms. The minimum absolute atomic E-state index is 0.0488. The SMILES string of the molecule is CCCn1cc(C=O)c(-c2ccccc2[N+](=O)[O-])n1. The van der Waals surface area contributed by atoms with Gasteiger partial charge in [-0.2, -0.15) is 5.10 Å². The fourth-order valence-electron chi connectivity index (χ4n) is 1.91. The van der Waals surface area contributed by atoms with Crippen LogP contribution < -0.4 is 0 Å². The van der Waals surface area contributed by atoms with Gasteiger partial charge in [0.2, 0.25) is 0 Å². The number of carbonyl (C=O) groups excluding carboxylic acids is 1. The minimum atomic E-state index is -0.469. The van der Waals surface area contributed by atoms with Gasteiger partial charge in [-0.1, -0.05) is 19.1 Å². The molecule has 0 amide bonds. The van der Waals surface area contributed by atoms with Crippen LogP contribution >= 0.6 is 0 Å². The number of nitro groups is 1. The summed E-state index contributed by atoms with van der Waals surface area (Å²) in [6.07, 6.45) is 3.16. The van der Waals surface area contributed by atoms with E-state index in [0.717, 1.165) is 6.42 Å².